The Morgan fingerprint density at radius 2 is 1.46 bits per heavy atom. The van der Waals surface area contributed by atoms with Gasteiger partial charge in [-0.3, -0.25) is 4.79 Å². The van der Waals surface area contributed by atoms with Gasteiger partial charge in [-0.05, 0) is 47.9 Å². The quantitative estimate of drug-likeness (QED) is 0.440. The third-order valence-electron chi connectivity index (χ3n) is 7.68. The van der Waals surface area contributed by atoms with Crippen molar-refractivity contribution < 1.29 is 28.5 Å². The van der Waals surface area contributed by atoms with E-state index in [0.29, 0.717) is 12.0 Å². The van der Waals surface area contributed by atoms with Crippen LogP contribution < -0.4 is 14.8 Å². The van der Waals surface area contributed by atoms with Crippen molar-refractivity contribution in [2.24, 2.45) is 0 Å². The molecule has 2 bridgehead atoms. The van der Waals surface area contributed by atoms with Gasteiger partial charge >= 0.3 is 0 Å². The van der Waals surface area contributed by atoms with Crippen LogP contribution in [0.1, 0.15) is 30.0 Å². The first kappa shape index (κ1) is 25.4. The maximum Gasteiger partial charge on any atom is 0.251 e. The summed E-state index contributed by atoms with van der Waals surface area (Å²) < 4.78 is 30.6. The summed E-state index contributed by atoms with van der Waals surface area (Å²) in [6.07, 6.45) is 1.21. The van der Waals surface area contributed by atoms with Crippen LogP contribution in [0.4, 0.5) is 0 Å². The van der Waals surface area contributed by atoms with Crippen molar-refractivity contribution in [2.75, 3.05) is 20.8 Å². The molecule has 6 rings (SSSR count). The largest absolute Gasteiger partial charge is 0.497 e. The highest BCUT2D eigenvalue weighted by molar-refractivity contribution is 5.93. The summed E-state index contributed by atoms with van der Waals surface area (Å²) in [5.41, 5.74) is 2.55. The molecule has 0 aliphatic carbocycles. The minimum Gasteiger partial charge on any atom is -0.497 e. The van der Waals surface area contributed by atoms with Crippen LogP contribution in [0, 0.1) is 0 Å². The van der Waals surface area contributed by atoms with E-state index in [-0.39, 0.29) is 30.9 Å². The summed E-state index contributed by atoms with van der Waals surface area (Å²) >= 11 is 0. The number of benzene rings is 3. The summed E-state index contributed by atoms with van der Waals surface area (Å²) in [5.74, 6) is 1.39. The van der Waals surface area contributed by atoms with Gasteiger partial charge in [0.25, 0.3) is 5.91 Å². The number of hydrogen-bond donors (Lipinski definition) is 1. The number of nitrogens with zero attached hydrogens (tertiary/aromatic N) is 1. The zero-order valence-corrected chi connectivity index (χ0v) is 22.2. The molecule has 2 saturated heterocycles. The fourth-order valence-corrected chi connectivity index (χ4v) is 5.61. The highest BCUT2D eigenvalue weighted by Gasteiger charge is 2.49. The van der Waals surface area contributed by atoms with Crippen molar-refractivity contribution in [3.63, 3.8) is 0 Å². The molecule has 3 heterocycles. The summed E-state index contributed by atoms with van der Waals surface area (Å²) in [4.78, 5) is 14.1. The van der Waals surface area contributed by atoms with Crippen LogP contribution in [0.25, 0.3) is 0 Å². The van der Waals surface area contributed by atoms with E-state index in [2.05, 4.69) is 17.4 Å². The molecule has 1 N–H and O–H groups in total. The highest BCUT2D eigenvalue weighted by atomic mass is 16.6. The predicted octanol–water partition coefficient (Wildman–Crippen LogP) is 4.15. The molecule has 3 aliphatic rings. The van der Waals surface area contributed by atoms with Crippen molar-refractivity contribution in [2.45, 2.75) is 43.7 Å². The Hall–Kier alpha value is -3.85. The van der Waals surface area contributed by atoms with Crippen molar-refractivity contribution in [3.05, 3.63) is 107 Å². The van der Waals surface area contributed by atoms with Crippen LogP contribution in [-0.2, 0) is 24.6 Å². The Kier molecular flexibility index (Phi) is 6.76. The number of ether oxygens (including phenoxy) is 5. The average Bonchev–Trinajstić information content (AvgIpc) is 3.32. The van der Waals surface area contributed by atoms with Gasteiger partial charge in [0, 0.05) is 18.2 Å². The van der Waals surface area contributed by atoms with Gasteiger partial charge in [0.05, 0.1) is 26.9 Å². The lowest BCUT2D eigenvalue weighted by Gasteiger charge is -2.41. The SMILES string of the molecule is COc1ccc(C(OC[C@H]2O[C@@H]3C[C@@H]2OC2NC(=O)C(C)=CN23)(c2ccccc2)c2ccc(OC)cc2)cc1. The van der Waals surface area contributed by atoms with Gasteiger partial charge in [-0.2, -0.15) is 0 Å². The van der Waals surface area contributed by atoms with Gasteiger partial charge in [0.15, 0.2) is 0 Å². The van der Waals surface area contributed by atoms with Crippen LogP contribution in [0.2, 0.25) is 0 Å². The normalized spacial score (nSPS) is 24.0. The van der Waals surface area contributed by atoms with E-state index >= 15 is 0 Å². The number of hydrogen-bond acceptors (Lipinski definition) is 7. The standard InChI is InChI=1S/C31H32N2O6/c1-20-18-33-28-17-26(39-30(33)32-29(20)34)27(38-28)19-37-31(21-7-5-4-6-8-21,22-9-13-24(35-2)14-10-22)23-11-15-25(36-3)16-12-23/h4-16,18,26-28,30H,17,19H2,1-3H3,(H,32,34)/t26-,27+,28+,30?/m0/s1. The average molecular weight is 529 g/mol. The van der Waals surface area contributed by atoms with E-state index in [9.17, 15) is 4.79 Å². The van der Waals surface area contributed by atoms with Gasteiger partial charge < -0.3 is 33.9 Å². The van der Waals surface area contributed by atoms with E-state index in [1.165, 1.54) is 0 Å². The Morgan fingerprint density at radius 3 is 2.05 bits per heavy atom. The van der Waals surface area contributed by atoms with E-state index < -0.39 is 12.0 Å². The van der Waals surface area contributed by atoms with Gasteiger partial charge in [-0.25, -0.2) is 0 Å². The molecule has 8 heteroatoms. The number of fused-ring (bicyclic) bond motifs is 4. The van der Waals surface area contributed by atoms with E-state index in [1.54, 1.807) is 21.1 Å². The first-order valence-electron chi connectivity index (χ1n) is 13.1. The number of carbonyl (C=O) groups excluding carboxylic acids is 1. The predicted molar refractivity (Wildman–Crippen MR) is 144 cm³/mol. The molecule has 8 nitrogen and oxygen atoms in total. The minimum atomic E-state index is -0.947. The van der Waals surface area contributed by atoms with E-state index in [4.69, 9.17) is 23.7 Å². The molecule has 0 aromatic heterocycles. The van der Waals surface area contributed by atoms with Gasteiger partial charge in [0.1, 0.15) is 29.4 Å². The van der Waals surface area contributed by atoms with Crippen LogP contribution in [0.15, 0.2) is 90.6 Å². The van der Waals surface area contributed by atoms with E-state index in [1.807, 2.05) is 77.8 Å². The Morgan fingerprint density at radius 1 is 0.872 bits per heavy atom. The maximum atomic E-state index is 12.2. The molecule has 0 saturated carbocycles. The van der Waals surface area contributed by atoms with Crippen molar-refractivity contribution in [3.8, 4) is 11.5 Å². The minimum absolute atomic E-state index is 0.132. The number of nitrogens with one attached hydrogen (secondary N) is 1. The molecule has 1 amide bonds. The fourth-order valence-electron chi connectivity index (χ4n) is 5.61. The van der Waals surface area contributed by atoms with Crippen LogP contribution >= 0.6 is 0 Å². The molecule has 202 valence electrons. The summed E-state index contributed by atoms with van der Waals surface area (Å²) in [6.45, 7) is 2.05. The van der Waals surface area contributed by atoms with Crippen molar-refractivity contribution in [1.29, 1.82) is 0 Å². The van der Waals surface area contributed by atoms with Crippen molar-refractivity contribution >= 4 is 5.91 Å². The van der Waals surface area contributed by atoms with E-state index in [0.717, 1.165) is 28.2 Å². The molecule has 3 aromatic carbocycles. The highest BCUT2D eigenvalue weighted by Crippen LogP contribution is 2.43. The molecule has 39 heavy (non-hydrogen) atoms. The number of rotatable bonds is 8. The van der Waals surface area contributed by atoms with Gasteiger partial charge in [-0.15, -0.1) is 0 Å². The molecular weight excluding hydrogens is 496 g/mol. The first-order chi connectivity index (χ1) is 19.0. The van der Waals surface area contributed by atoms with Crippen LogP contribution in [0.5, 0.6) is 11.5 Å². The molecule has 0 spiro atoms. The number of carbonyl (C=O) groups is 1. The summed E-state index contributed by atoms with van der Waals surface area (Å²) in [5, 5.41) is 2.91. The molecule has 0 radical (unpaired) electrons. The fraction of sp³-hybridized carbons (Fsp3) is 0.323. The molecule has 2 fully saturated rings. The molecule has 4 atom stereocenters. The second kappa shape index (κ2) is 10.4. The van der Waals surface area contributed by atoms with Crippen LogP contribution in [0.3, 0.4) is 0 Å². The lowest BCUT2D eigenvalue weighted by molar-refractivity contribution is -0.163. The Balaban J connectivity index is 1.37. The lowest BCUT2D eigenvalue weighted by Crippen LogP contribution is -2.58. The molecular formula is C31H32N2O6. The zero-order valence-electron chi connectivity index (χ0n) is 22.2. The Bertz CT molecular complexity index is 1290. The van der Waals surface area contributed by atoms with Gasteiger partial charge in [-0.1, -0.05) is 54.6 Å². The number of methoxy groups -OCH3 is 2. The first-order valence-corrected chi connectivity index (χ1v) is 13.1. The topological polar surface area (TPSA) is 78.5 Å². The van der Waals surface area contributed by atoms with Crippen LogP contribution in [-0.4, -0.2) is 56.4 Å². The summed E-state index contributed by atoms with van der Waals surface area (Å²) in [6, 6.07) is 26.1. The number of amides is 1. The lowest BCUT2D eigenvalue weighted by atomic mass is 9.80. The molecule has 1 unspecified atom stereocenters. The third-order valence-corrected chi connectivity index (χ3v) is 7.68. The monoisotopic (exact) mass is 528 g/mol. The zero-order chi connectivity index (χ0) is 27.0. The van der Waals surface area contributed by atoms with Gasteiger partial charge in [0.2, 0.25) is 6.35 Å². The smallest absolute Gasteiger partial charge is 0.251 e. The second-order valence-corrected chi connectivity index (χ2v) is 9.94. The Labute approximate surface area is 228 Å². The second-order valence-electron chi connectivity index (χ2n) is 9.94. The maximum absolute atomic E-state index is 12.2. The molecule has 3 aromatic rings. The van der Waals surface area contributed by atoms with Crippen molar-refractivity contribution in [1.82, 2.24) is 10.2 Å². The summed E-state index contributed by atoms with van der Waals surface area (Å²) in [7, 11) is 3.31. The third kappa shape index (κ3) is 4.54. The molecule has 3 aliphatic heterocycles.